The van der Waals surface area contributed by atoms with Gasteiger partial charge in [0.2, 0.25) is 20.0 Å². The van der Waals surface area contributed by atoms with Crippen LogP contribution in [0.5, 0.6) is 0 Å². The van der Waals surface area contributed by atoms with Crippen molar-refractivity contribution in [2.75, 3.05) is 49.3 Å². The lowest BCUT2D eigenvalue weighted by Crippen LogP contribution is -2.41. The second-order valence-electron chi connectivity index (χ2n) is 19.8. The van der Waals surface area contributed by atoms with Crippen molar-refractivity contribution in [3.8, 4) is 33.9 Å². The number of nitrogens with zero attached hydrogens (tertiary/aromatic N) is 4. The van der Waals surface area contributed by atoms with Gasteiger partial charge in [0, 0.05) is 73.2 Å². The van der Waals surface area contributed by atoms with Gasteiger partial charge in [-0.1, -0.05) is 47.5 Å². The quantitative estimate of drug-likeness (QED) is 0.0593. The van der Waals surface area contributed by atoms with Crippen LogP contribution in [-0.4, -0.2) is 97.6 Å². The van der Waals surface area contributed by atoms with E-state index in [0.717, 1.165) is 43.3 Å². The van der Waals surface area contributed by atoms with Crippen LogP contribution < -0.4 is 24.7 Å². The Hall–Kier alpha value is -6.92. The molecule has 0 saturated carbocycles. The van der Waals surface area contributed by atoms with Crippen molar-refractivity contribution in [2.45, 2.75) is 51.7 Å². The van der Waals surface area contributed by atoms with Crippen molar-refractivity contribution in [1.29, 1.82) is 0 Å². The largest absolute Gasteiger partial charge is 0.497 e. The molecule has 4 aromatic carbocycles. The highest BCUT2D eigenvalue weighted by atomic mass is 79.9. The van der Waals surface area contributed by atoms with Crippen LogP contribution in [0.4, 0.5) is 20.2 Å². The van der Waals surface area contributed by atoms with E-state index in [2.05, 4.69) is 49.7 Å². The third-order valence-corrected chi connectivity index (χ3v) is 17.2. The number of benzene rings is 4. The molecule has 2 amide bonds. The topological polar surface area (TPSA) is 203 Å². The Morgan fingerprint density at radius 3 is 1.49 bits per heavy atom. The zero-order valence-corrected chi connectivity index (χ0v) is 51.1. The maximum atomic E-state index is 13.5. The van der Waals surface area contributed by atoms with Gasteiger partial charge in [-0.3, -0.25) is 18.2 Å². The van der Waals surface area contributed by atoms with Crippen molar-refractivity contribution < 1.29 is 53.3 Å². The van der Waals surface area contributed by atoms with Crippen LogP contribution in [0.2, 0.25) is 10.3 Å². The summed E-state index contributed by atoms with van der Waals surface area (Å²) in [5, 5.41) is 6.90. The zero-order chi connectivity index (χ0) is 60.4. The molecule has 430 valence electrons. The first-order valence-corrected chi connectivity index (χ1v) is 30.3. The molecule has 0 unspecified atom stereocenters. The van der Waals surface area contributed by atoms with E-state index in [4.69, 9.17) is 41.3 Å². The summed E-state index contributed by atoms with van der Waals surface area (Å²) in [6, 6.07) is 24.8. The Morgan fingerprint density at radius 2 is 1.07 bits per heavy atom. The molecule has 4 aromatic heterocycles. The molecule has 1 saturated heterocycles. The van der Waals surface area contributed by atoms with Gasteiger partial charge in [0.05, 0.1) is 51.9 Å². The summed E-state index contributed by atoms with van der Waals surface area (Å²) in [5.41, 5.74) is 4.28. The molecule has 9 rings (SSSR count). The minimum atomic E-state index is -3.67. The van der Waals surface area contributed by atoms with E-state index >= 15 is 0 Å². The van der Waals surface area contributed by atoms with Crippen LogP contribution in [0.3, 0.4) is 0 Å². The fraction of sp³-hybridized carbons (Fsp3) is 0.241. The highest BCUT2D eigenvalue weighted by molar-refractivity contribution is 9.10. The molecular weight excluding hydrogens is 1200 g/mol. The predicted molar refractivity (Wildman–Crippen MR) is 325 cm³/mol. The highest BCUT2D eigenvalue weighted by Gasteiger charge is 2.53. The van der Waals surface area contributed by atoms with Crippen molar-refractivity contribution in [3.63, 3.8) is 0 Å². The number of carbonyl (C=O) groups is 2. The van der Waals surface area contributed by atoms with E-state index in [9.17, 15) is 35.2 Å². The summed E-state index contributed by atoms with van der Waals surface area (Å²) < 4.78 is 105. The number of furan rings is 2. The van der Waals surface area contributed by atoms with Gasteiger partial charge < -0.3 is 28.8 Å². The van der Waals surface area contributed by atoms with Gasteiger partial charge in [0.25, 0.3) is 11.8 Å². The molecular formula is C58H58BBrCl2F2N6O10S2. The molecule has 0 spiro atoms. The molecule has 1 fully saturated rings. The predicted octanol–water partition coefficient (Wildman–Crippen LogP) is 12.0. The van der Waals surface area contributed by atoms with Gasteiger partial charge in [-0.15, -0.1) is 13.2 Å². The third kappa shape index (κ3) is 13.4. The molecule has 1 aliphatic heterocycles. The summed E-state index contributed by atoms with van der Waals surface area (Å²) in [4.78, 5) is 34.4. The first kappa shape index (κ1) is 62.7. The van der Waals surface area contributed by atoms with Crippen LogP contribution >= 0.6 is 39.1 Å². The van der Waals surface area contributed by atoms with Gasteiger partial charge in [-0.05, 0) is 140 Å². The second kappa shape index (κ2) is 24.9. The number of sulfonamides is 2. The Kier molecular flexibility index (Phi) is 19.0. The lowest BCUT2D eigenvalue weighted by atomic mass is 9.77. The van der Waals surface area contributed by atoms with E-state index in [0.29, 0.717) is 55.9 Å². The minimum absolute atomic E-state index is 0.224. The van der Waals surface area contributed by atoms with Crippen molar-refractivity contribution in [2.24, 2.45) is 0 Å². The number of fused-ring (bicyclic) bond motifs is 2. The van der Waals surface area contributed by atoms with Gasteiger partial charge in [-0.2, -0.15) is 0 Å². The molecule has 0 atom stereocenters. The van der Waals surface area contributed by atoms with Crippen LogP contribution in [0.15, 0.2) is 136 Å². The molecule has 5 heterocycles. The van der Waals surface area contributed by atoms with E-state index in [-0.39, 0.29) is 44.7 Å². The van der Waals surface area contributed by atoms with Gasteiger partial charge >= 0.3 is 7.12 Å². The van der Waals surface area contributed by atoms with Crippen molar-refractivity contribution in [3.05, 3.63) is 171 Å². The number of carbonyl (C=O) groups excluding carboxylic acids is 2. The molecule has 1 aliphatic rings. The minimum Gasteiger partial charge on any atom is -0.455 e. The Bertz CT molecular complexity index is 4000. The maximum Gasteiger partial charge on any atom is 0.497 e. The van der Waals surface area contributed by atoms with Crippen molar-refractivity contribution in [1.82, 2.24) is 20.6 Å². The number of halogens is 5. The Labute approximate surface area is 493 Å². The summed E-state index contributed by atoms with van der Waals surface area (Å²) in [7, 11) is -2.40. The fourth-order valence-electron chi connectivity index (χ4n) is 8.52. The normalized spacial score (nSPS) is 13.6. The number of nitrogens with one attached hydrogen (secondary N) is 2. The van der Waals surface area contributed by atoms with Crippen LogP contribution in [0.1, 0.15) is 59.5 Å². The highest BCUT2D eigenvalue weighted by Crippen LogP contribution is 2.43. The van der Waals surface area contributed by atoms with E-state index in [1.165, 1.54) is 76.7 Å². The number of pyridine rings is 2. The molecule has 16 nitrogen and oxygen atoms in total. The average molecular weight is 1260 g/mol. The number of aromatic nitrogens is 2. The number of allylic oxidation sites excluding steroid dienone is 2. The van der Waals surface area contributed by atoms with Crippen molar-refractivity contribution >= 4 is 117 Å². The Morgan fingerprint density at radius 1 is 0.659 bits per heavy atom. The van der Waals surface area contributed by atoms with Gasteiger partial charge in [-0.25, -0.2) is 35.6 Å². The number of hydrogen-bond donors (Lipinski definition) is 2. The molecule has 8 aromatic rings. The third-order valence-electron chi connectivity index (χ3n) is 13.8. The average Bonchev–Trinajstić information content (AvgIpc) is 2.35. The molecule has 24 heteroatoms. The first-order valence-electron chi connectivity index (χ1n) is 25.0. The van der Waals surface area contributed by atoms with Gasteiger partial charge in [0.15, 0.2) is 0 Å². The fourth-order valence-corrected chi connectivity index (χ4v) is 10.4. The van der Waals surface area contributed by atoms with Crippen LogP contribution in [0.25, 0.3) is 55.8 Å². The van der Waals surface area contributed by atoms with E-state index in [1.807, 2.05) is 39.8 Å². The second-order valence-corrected chi connectivity index (χ2v) is 25.4. The summed E-state index contributed by atoms with van der Waals surface area (Å²) in [6.45, 7) is 14.9. The number of hydrogen-bond acceptors (Lipinski definition) is 12. The number of rotatable bonds is 14. The smallest absolute Gasteiger partial charge is 0.455 e. The van der Waals surface area contributed by atoms with Gasteiger partial charge in [0.1, 0.15) is 49.2 Å². The number of amides is 2. The lowest BCUT2D eigenvalue weighted by Gasteiger charge is -2.32. The van der Waals surface area contributed by atoms with E-state index in [1.54, 1.807) is 48.6 Å². The van der Waals surface area contributed by atoms with Crippen LogP contribution in [0, 0.1) is 11.6 Å². The summed E-state index contributed by atoms with van der Waals surface area (Å²) >= 11 is 15.4. The zero-order valence-electron chi connectivity index (χ0n) is 46.4. The standard InChI is InChI=1S/C26H23ClFN3O4S.C24H28BFN2O6S.C8H7BrClN/c1-5-6-16-9-12-20(30-25(16)27)18-13-19-22(14-21(18)31(3)36(4,33)34)35-24(23(19)26(32)29-2)15-7-10-17(28)11-8-15;1-23(2)24(3,4)34-25(33-23)17-12-16-19(13-18(17)28(6)35(7,30)31)32-21(20(16)22(29)27-5)14-8-10-15(26)11-9-14;1-2-3-6-4-5-7(9)11-8(6)10/h5,7-14H,1,6H2,2-4H3,(H,29,32);8-13H,1-7H3,(H,27,29);2,4-5H,1,3H2. The van der Waals surface area contributed by atoms with Crippen LogP contribution in [-0.2, 0) is 42.2 Å². The molecule has 0 bridgehead atoms. The first-order chi connectivity index (χ1) is 38.4. The molecule has 82 heavy (non-hydrogen) atoms. The lowest BCUT2D eigenvalue weighted by molar-refractivity contribution is 0.00578. The molecule has 2 N–H and O–H groups in total. The monoisotopic (exact) mass is 1260 g/mol. The number of anilines is 2. The molecule has 0 radical (unpaired) electrons. The molecule has 0 aliphatic carbocycles. The summed E-state index contributed by atoms with van der Waals surface area (Å²) in [6.07, 6.45) is 6.96. The Balaban J connectivity index is 0.000000199. The SMILES string of the molecule is C=CCc1ccc(-c2cc3c(C(=O)NC)c(-c4ccc(F)cc4)oc3cc2N(C)S(C)(=O)=O)nc1Cl.C=CCc1ccc(Br)nc1Cl.CNC(=O)c1c(-c2ccc(F)cc2)oc2cc(N(C)S(C)(=O)=O)c(B3OC(C)(C)C(C)(C)O3)cc12. The van der Waals surface area contributed by atoms with E-state index < -0.39 is 61.8 Å². The summed E-state index contributed by atoms with van der Waals surface area (Å²) in [5.74, 6) is -1.23. The maximum absolute atomic E-state index is 13.5.